The van der Waals surface area contributed by atoms with Gasteiger partial charge in [0, 0.05) is 11.8 Å². The fourth-order valence-electron chi connectivity index (χ4n) is 2.61. The maximum atomic E-state index is 12.4. The Labute approximate surface area is 110 Å². The Kier molecular flexibility index (Phi) is 2.03. The highest BCUT2D eigenvalue weighted by Gasteiger charge is 2.33. The second-order valence-electron chi connectivity index (χ2n) is 4.66. The van der Waals surface area contributed by atoms with Crippen LogP contribution in [0.1, 0.15) is 21.8 Å². The molecule has 0 N–H and O–H groups in total. The van der Waals surface area contributed by atoms with E-state index in [4.69, 9.17) is 0 Å². The number of rotatable bonds is 1. The molecule has 0 fully saturated rings. The molecule has 90 valence electrons. The zero-order valence-corrected chi connectivity index (χ0v) is 10.1. The number of benzene rings is 2. The summed E-state index contributed by atoms with van der Waals surface area (Å²) in [5.41, 5.74) is 4.02. The van der Waals surface area contributed by atoms with Crippen LogP contribution in [0.15, 0.2) is 58.5 Å². The molecule has 0 amide bonds. The van der Waals surface area contributed by atoms with E-state index in [2.05, 4.69) is 9.98 Å². The summed E-state index contributed by atoms with van der Waals surface area (Å²) in [6, 6.07) is 15.3. The van der Waals surface area contributed by atoms with Crippen LogP contribution in [0.5, 0.6) is 0 Å². The number of hydrogen-bond donors (Lipinski definition) is 0. The van der Waals surface area contributed by atoms with E-state index < -0.39 is 0 Å². The number of nitrogens with zero attached hydrogens (tertiary/aromatic N) is 2. The van der Waals surface area contributed by atoms with Crippen LogP contribution in [-0.4, -0.2) is 17.7 Å². The van der Waals surface area contributed by atoms with Crippen LogP contribution in [0.2, 0.25) is 0 Å². The number of hydrogen-bond acceptors (Lipinski definition) is 3. The molecule has 1 unspecified atom stereocenters. The van der Waals surface area contributed by atoms with Gasteiger partial charge < -0.3 is 0 Å². The fourth-order valence-corrected chi connectivity index (χ4v) is 2.61. The maximum Gasteiger partial charge on any atom is 0.210 e. The minimum Gasteiger partial charge on any atom is -0.287 e. The zero-order valence-electron chi connectivity index (χ0n) is 10.1. The summed E-state index contributed by atoms with van der Waals surface area (Å²) < 4.78 is 0. The Bertz CT molecular complexity index is 759. The van der Waals surface area contributed by atoms with Gasteiger partial charge in [0.2, 0.25) is 5.78 Å². The molecule has 0 spiro atoms. The van der Waals surface area contributed by atoms with Crippen LogP contribution in [-0.2, 0) is 0 Å². The predicted octanol–water partition coefficient (Wildman–Crippen LogP) is 3.46. The summed E-state index contributed by atoms with van der Waals surface area (Å²) >= 11 is 0. The van der Waals surface area contributed by atoms with Crippen molar-refractivity contribution in [3.8, 4) is 0 Å². The second-order valence-corrected chi connectivity index (χ2v) is 4.66. The molecule has 19 heavy (non-hydrogen) atoms. The third-order valence-corrected chi connectivity index (χ3v) is 3.55. The van der Waals surface area contributed by atoms with Crippen molar-refractivity contribution >= 4 is 29.1 Å². The molecule has 0 aliphatic carbocycles. The fraction of sp³-hybridized carbons (Fsp3) is 0.0625. The van der Waals surface area contributed by atoms with Gasteiger partial charge in [0.05, 0.1) is 17.3 Å². The first-order chi connectivity index (χ1) is 9.34. The third kappa shape index (κ3) is 1.41. The molecule has 3 heteroatoms. The molecule has 0 saturated carbocycles. The van der Waals surface area contributed by atoms with Crippen LogP contribution in [0, 0.1) is 0 Å². The van der Waals surface area contributed by atoms with Gasteiger partial charge in [0.1, 0.15) is 5.71 Å². The first-order valence-electron chi connectivity index (χ1n) is 6.20. The lowest BCUT2D eigenvalue weighted by Gasteiger charge is -2.07. The predicted molar refractivity (Wildman–Crippen MR) is 75.2 cm³/mol. The van der Waals surface area contributed by atoms with Crippen molar-refractivity contribution in [2.75, 3.05) is 0 Å². The van der Waals surface area contributed by atoms with Crippen LogP contribution in [0.25, 0.3) is 0 Å². The highest BCUT2D eigenvalue weighted by molar-refractivity contribution is 6.53. The smallest absolute Gasteiger partial charge is 0.210 e. The number of ketones is 1. The van der Waals surface area contributed by atoms with Crippen molar-refractivity contribution in [3.05, 3.63) is 59.7 Å². The molecule has 2 aromatic carbocycles. The van der Waals surface area contributed by atoms with Crippen molar-refractivity contribution in [1.82, 2.24) is 0 Å². The Hall–Kier alpha value is -2.55. The molecular formula is C16H10N2O. The van der Waals surface area contributed by atoms with Gasteiger partial charge in [0.25, 0.3) is 0 Å². The first-order valence-corrected chi connectivity index (χ1v) is 6.20. The van der Waals surface area contributed by atoms with E-state index in [1.54, 1.807) is 0 Å². The van der Waals surface area contributed by atoms with E-state index in [9.17, 15) is 4.79 Å². The van der Waals surface area contributed by atoms with E-state index in [0.717, 1.165) is 16.9 Å². The van der Waals surface area contributed by atoms with Gasteiger partial charge in [-0.25, -0.2) is 4.99 Å². The van der Waals surface area contributed by atoms with Crippen molar-refractivity contribution in [3.63, 3.8) is 0 Å². The highest BCUT2D eigenvalue weighted by Crippen LogP contribution is 2.37. The van der Waals surface area contributed by atoms with Crippen LogP contribution in [0.4, 0.5) is 11.4 Å². The lowest BCUT2D eigenvalue weighted by atomic mass is 9.92. The van der Waals surface area contributed by atoms with E-state index in [1.165, 1.54) is 0 Å². The Balaban J connectivity index is 1.82. The van der Waals surface area contributed by atoms with Crippen LogP contribution >= 0.6 is 0 Å². The van der Waals surface area contributed by atoms with Crippen molar-refractivity contribution < 1.29 is 4.79 Å². The van der Waals surface area contributed by atoms with Gasteiger partial charge in [-0.05, 0) is 23.8 Å². The van der Waals surface area contributed by atoms with Gasteiger partial charge in [0.15, 0.2) is 0 Å². The van der Waals surface area contributed by atoms with Gasteiger partial charge in [-0.1, -0.05) is 30.3 Å². The minimum absolute atomic E-state index is 0.0174. The molecule has 4 rings (SSSR count). The largest absolute Gasteiger partial charge is 0.287 e. The van der Waals surface area contributed by atoms with Crippen molar-refractivity contribution in [2.24, 2.45) is 9.98 Å². The maximum absolute atomic E-state index is 12.4. The third-order valence-electron chi connectivity index (χ3n) is 3.55. The number of carbonyl (C=O) groups excluding carboxylic acids is 1. The normalized spacial score (nSPS) is 19.3. The average Bonchev–Trinajstić information content (AvgIpc) is 3.01. The van der Waals surface area contributed by atoms with Crippen LogP contribution < -0.4 is 0 Å². The summed E-state index contributed by atoms with van der Waals surface area (Å²) in [6.45, 7) is 0. The molecule has 0 bridgehead atoms. The molecule has 3 nitrogen and oxygen atoms in total. The van der Waals surface area contributed by atoms with E-state index in [-0.39, 0.29) is 11.7 Å². The van der Waals surface area contributed by atoms with Crippen molar-refractivity contribution in [1.29, 1.82) is 0 Å². The Morgan fingerprint density at radius 2 is 1.63 bits per heavy atom. The summed E-state index contributed by atoms with van der Waals surface area (Å²) in [5.74, 6) is -0.0974. The first kappa shape index (κ1) is 10.4. The molecule has 2 aromatic rings. The zero-order chi connectivity index (χ0) is 12.8. The Morgan fingerprint density at radius 3 is 2.47 bits per heavy atom. The summed E-state index contributed by atoms with van der Waals surface area (Å²) in [7, 11) is 0. The number of carbonyl (C=O) groups is 1. The molecule has 2 heterocycles. The molecule has 1 atom stereocenters. The molecular weight excluding hydrogens is 236 g/mol. The van der Waals surface area contributed by atoms with Gasteiger partial charge in [-0.15, -0.1) is 0 Å². The molecule has 2 aliphatic rings. The number of aliphatic imine (C=N–C) groups is 2. The van der Waals surface area contributed by atoms with Gasteiger partial charge in [-0.2, -0.15) is 0 Å². The Morgan fingerprint density at radius 1 is 0.895 bits per heavy atom. The minimum atomic E-state index is -0.115. The standard InChI is InChI=1S/C16H10N2O/c19-16-11-6-2-4-8-14(11)18-15(16)12-9-17-13-7-3-1-5-10(12)13/h1-9,12H. The highest BCUT2D eigenvalue weighted by atomic mass is 16.1. The lowest BCUT2D eigenvalue weighted by molar-refractivity contribution is 0.106. The van der Waals surface area contributed by atoms with E-state index in [1.807, 2.05) is 54.7 Å². The van der Waals surface area contributed by atoms with Crippen molar-refractivity contribution in [2.45, 2.75) is 5.92 Å². The molecule has 0 saturated heterocycles. The van der Waals surface area contributed by atoms with Gasteiger partial charge >= 0.3 is 0 Å². The van der Waals surface area contributed by atoms with E-state index >= 15 is 0 Å². The summed E-state index contributed by atoms with van der Waals surface area (Å²) in [5, 5.41) is 0. The quantitative estimate of drug-likeness (QED) is 0.759. The summed E-state index contributed by atoms with van der Waals surface area (Å²) in [4.78, 5) is 21.3. The molecule has 0 aromatic heterocycles. The lowest BCUT2D eigenvalue weighted by Crippen LogP contribution is -2.18. The number of fused-ring (bicyclic) bond motifs is 2. The van der Waals surface area contributed by atoms with Gasteiger partial charge in [-0.3, -0.25) is 9.79 Å². The second kappa shape index (κ2) is 3.72. The van der Waals surface area contributed by atoms with Crippen LogP contribution in [0.3, 0.4) is 0 Å². The van der Waals surface area contributed by atoms with E-state index in [0.29, 0.717) is 11.3 Å². The average molecular weight is 246 g/mol. The topological polar surface area (TPSA) is 41.8 Å². The number of para-hydroxylation sites is 2. The molecule has 0 radical (unpaired) electrons. The SMILES string of the molecule is O=C1C(C2C=Nc3ccccc32)=Nc2ccccc21. The monoisotopic (exact) mass is 246 g/mol. The summed E-state index contributed by atoms with van der Waals surface area (Å²) in [6.07, 6.45) is 1.81. The number of Topliss-reactive ketones (excluding diaryl/α,β-unsaturated/α-hetero) is 1. The molecule has 2 aliphatic heterocycles.